The lowest BCUT2D eigenvalue weighted by Crippen LogP contribution is -2.61. The fourth-order valence-corrected chi connectivity index (χ4v) is 3.42. The number of ether oxygens (including phenoxy) is 1. The normalized spacial score (nSPS) is 36.2. The molecule has 1 saturated heterocycles. The number of nitrogens with two attached hydrogens (primary N) is 1. The van der Waals surface area contributed by atoms with Crippen molar-refractivity contribution in [2.24, 2.45) is 5.73 Å². The molecule has 2 N–H and O–H groups in total. The van der Waals surface area contributed by atoms with Crippen molar-refractivity contribution in [2.75, 3.05) is 19.6 Å². The molecule has 2 atom stereocenters. The molecular weight excluding hydrogens is 200 g/mol. The first-order valence-corrected chi connectivity index (χ1v) is 6.77. The first-order chi connectivity index (χ1) is 7.66. The monoisotopic (exact) mass is 226 g/mol. The Bertz CT molecular complexity index is 216. The van der Waals surface area contributed by atoms with Gasteiger partial charge in [-0.25, -0.2) is 0 Å². The van der Waals surface area contributed by atoms with Crippen molar-refractivity contribution < 1.29 is 4.74 Å². The predicted octanol–water partition coefficient (Wildman–Crippen LogP) is 1.76. The maximum atomic E-state index is 6.08. The Morgan fingerprint density at radius 3 is 2.19 bits per heavy atom. The lowest BCUT2D eigenvalue weighted by Gasteiger charge is -2.50. The second-order valence-corrected chi connectivity index (χ2v) is 5.65. The Morgan fingerprint density at radius 2 is 1.69 bits per heavy atom. The average molecular weight is 226 g/mol. The molecule has 2 fully saturated rings. The molecule has 16 heavy (non-hydrogen) atoms. The van der Waals surface area contributed by atoms with E-state index in [1.54, 1.807) is 0 Å². The molecule has 94 valence electrons. The molecule has 1 heterocycles. The molecule has 0 unspecified atom stereocenters. The van der Waals surface area contributed by atoms with E-state index in [2.05, 4.69) is 18.7 Å². The van der Waals surface area contributed by atoms with Crippen molar-refractivity contribution in [3.8, 4) is 0 Å². The second kappa shape index (κ2) is 5.03. The van der Waals surface area contributed by atoms with Crippen molar-refractivity contribution in [3.05, 3.63) is 0 Å². The first-order valence-electron chi connectivity index (χ1n) is 6.77. The zero-order chi connectivity index (χ0) is 11.6. The van der Waals surface area contributed by atoms with E-state index in [9.17, 15) is 0 Å². The molecule has 0 bridgehead atoms. The standard InChI is InChI=1S/C13H26N2O/c1-11-8-15(9-12(2)16-11)13(10-14)6-4-3-5-7-13/h11-12H,3-10,14H2,1-2H3/t11-,12+. The predicted molar refractivity (Wildman–Crippen MR) is 66.5 cm³/mol. The second-order valence-electron chi connectivity index (χ2n) is 5.65. The fourth-order valence-electron chi connectivity index (χ4n) is 3.42. The van der Waals surface area contributed by atoms with Crippen molar-refractivity contribution in [2.45, 2.75) is 63.7 Å². The van der Waals surface area contributed by atoms with E-state index in [4.69, 9.17) is 10.5 Å². The summed E-state index contributed by atoms with van der Waals surface area (Å²) in [6.45, 7) is 7.28. The summed E-state index contributed by atoms with van der Waals surface area (Å²) in [6, 6.07) is 0. The maximum Gasteiger partial charge on any atom is 0.0678 e. The molecule has 1 aliphatic heterocycles. The van der Waals surface area contributed by atoms with Gasteiger partial charge in [0, 0.05) is 25.2 Å². The lowest BCUT2D eigenvalue weighted by molar-refractivity contribution is -0.107. The molecular formula is C13H26N2O. The van der Waals surface area contributed by atoms with Crippen LogP contribution >= 0.6 is 0 Å². The van der Waals surface area contributed by atoms with Gasteiger partial charge in [-0.2, -0.15) is 0 Å². The van der Waals surface area contributed by atoms with Crippen LogP contribution in [0.3, 0.4) is 0 Å². The van der Waals surface area contributed by atoms with Gasteiger partial charge in [0.05, 0.1) is 12.2 Å². The van der Waals surface area contributed by atoms with E-state index in [1.807, 2.05) is 0 Å². The summed E-state index contributed by atoms with van der Waals surface area (Å²) in [5.41, 5.74) is 6.36. The number of hydrogen-bond acceptors (Lipinski definition) is 3. The van der Waals surface area contributed by atoms with Gasteiger partial charge in [0.1, 0.15) is 0 Å². The van der Waals surface area contributed by atoms with Gasteiger partial charge in [0.15, 0.2) is 0 Å². The van der Waals surface area contributed by atoms with Crippen molar-refractivity contribution in [1.29, 1.82) is 0 Å². The van der Waals surface area contributed by atoms with Crippen LogP contribution in [0.4, 0.5) is 0 Å². The van der Waals surface area contributed by atoms with Crippen LogP contribution in [0, 0.1) is 0 Å². The molecule has 1 aliphatic carbocycles. The fraction of sp³-hybridized carbons (Fsp3) is 1.00. The Labute approximate surface area is 99.3 Å². The molecule has 2 aliphatic rings. The quantitative estimate of drug-likeness (QED) is 0.779. The third-order valence-electron chi connectivity index (χ3n) is 4.25. The highest BCUT2D eigenvalue weighted by Crippen LogP contribution is 2.34. The van der Waals surface area contributed by atoms with Crippen molar-refractivity contribution in [1.82, 2.24) is 4.90 Å². The van der Waals surface area contributed by atoms with Crippen LogP contribution in [0.25, 0.3) is 0 Å². The summed E-state index contributed by atoms with van der Waals surface area (Å²) in [5.74, 6) is 0. The Kier molecular flexibility index (Phi) is 3.88. The summed E-state index contributed by atoms with van der Waals surface area (Å²) in [6.07, 6.45) is 7.35. The van der Waals surface area contributed by atoms with Gasteiger partial charge >= 0.3 is 0 Å². The molecule has 3 heteroatoms. The minimum absolute atomic E-state index is 0.282. The summed E-state index contributed by atoms with van der Waals surface area (Å²) < 4.78 is 5.81. The van der Waals surface area contributed by atoms with Crippen LogP contribution in [0.1, 0.15) is 46.0 Å². The van der Waals surface area contributed by atoms with E-state index in [0.717, 1.165) is 19.6 Å². The van der Waals surface area contributed by atoms with Crippen LogP contribution in [-0.4, -0.2) is 42.3 Å². The van der Waals surface area contributed by atoms with Crippen LogP contribution < -0.4 is 5.73 Å². The maximum absolute atomic E-state index is 6.08. The zero-order valence-corrected chi connectivity index (χ0v) is 10.7. The Balaban J connectivity index is 2.07. The molecule has 0 amide bonds. The zero-order valence-electron chi connectivity index (χ0n) is 10.7. The van der Waals surface area contributed by atoms with Crippen molar-refractivity contribution >= 4 is 0 Å². The summed E-state index contributed by atoms with van der Waals surface area (Å²) >= 11 is 0. The van der Waals surface area contributed by atoms with E-state index in [1.165, 1.54) is 32.1 Å². The molecule has 0 aromatic rings. The van der Waals surface area contributed by atoms with Crippen LogP contribution in [0.5, 0.6) is 0 Å². The van der Waals surface area contributed by atoms with Gasteiger partial charge in [0.25, 0.3) is 0 Å². The number of nitrogens with zero attached hydrogens (tertiary/aromatic N) is 1. The highest BCUT2D eigenvalue weighted by molar-refractivity contribution is 4.96. The Morgan fingerprint density at radius 1 is 1.12 bits per heavy atom. The van der Waals surface area contributed by atoms with Gasteiger partial charge in [0.2, 0.25) is 0 Å². The highest BCUT2D eigenvalue weighted by Gasteiger charge is 2.39. The SMILES string of the molecule is C[C@@H]1CN(C2(CN)CCCCC2)C[C@H](C)O1. The number of rotatable bonds is 2. The molecule has 0 radical (unpaired) electrons. The average Bonchev–Trinajstić information content (AvgIpc) is 2.28. The molecule has 1 saturated carbocycles. The number of morpholine rings is 1. The third-order valence-corrected chi connectivity index (χ3v) is 4.25. The van der Waals surface area contributed by atoms with E-state index >= 15 is 0 Å². The highest BCUT2D eigenvalue weighted by atomic mass is 16.5. The smallest absolute Gasteiger partial charge is 0.0678 e. The molecule has 2 rings (SSSR count). The van der Waals surface area contributed by atoms with Gasteiger partial charge < -0.3 is 10.5 Å². The van der Waals surface area contributed by atoms with Crippen LogP contribution in [-0.2, 0) is 4.74 Å². The summed E-state index contributed by atoms with van der Waals surface area (Å²) in [4.78, 5) is 2.62. The summed E-state index contributed by atoms with van der Waals surface area (Å²) in [5, 5.41) is 0. The molecule has 0 spiro atoms. The van der Waals surface area contributed by atoms with Gasteiger partial charge in [-0.3, -0.25) is 4.90 Å². The van der Waals surface area contributed by atoms with Gasteiger partial charge in [-0.1, -0.05) is 19.3 Å². The minimum Gasteiger partial charge on any atom is -0.373 e. The lowest BCUT2D eigenvalue weighted by atomic mass is 9.79. The van der Waals surface area contributed by atoms with Gasteiger partial charge in [-0.05, 0) is 26.7 Å². The first kappa shape index (κ1) is 12.3. The van der Waals surface area contributed by atoms with E-state index < -0.39 is 0 Å². The molecule has 0 aromatic heterocycles. The molecule has 0 aromatic carbocycles. The van der Waals surface area contributed by atoms with Crippen molar-refractivity contribution in [3.63, 3.8) is 0 Å². The van der Waals surface area contributed by atoms with Gasteiger partial charge in [-0.15, -0.1) is 0 Å². The largest absolute Gasteiger partial charge is 0.373 e. The number of hydrogen-bond donors (Lipinski definition) is 1. The topological polar surface area (TPSA) is 38.5 Å². The van der Waals surface area contributed by atoms with E-state index in [0.29, 0.717) is 12.2 Å². The van der Waals surface area contributed by atoms with E-state index in [-0.39, 0.29) is 5.54 Å². The van der Waals surface area contributed by atoms with Crippen LogP contribution in [0.15, 0.2) is 0 Å². The molecule has 3 nitrogen and oxygen atoms in total. The Hall–Kier alpha value is -0.120. The minimum atomic E-state index is 0.282. The third kappa shape index (κ3) is 2.41. The van der Waals surface area contributed by atoms with Crippen LogP contribution in [0.2, 0.25) is 0 Å². The summed E-state index contributed by atoms with van der Waals surface area (Å²) in [7, 11) is 0.